The first-order valence-electron chi connectivity index (χ1n) is 10.7. The Bertz CT molecular complexity index is 1230. The highest BCUT2D eigenvalue weighted by molar-refractivity contribution is 8.14. The van der Waals surface area contributed by atoms with Gasteiger partial charge in [0, 0.05) is 12.1 Å². The van der Waals surface area contributed by atoms with Gasteiger partial charge < -0.3 is 5.32 Å². The zero-order valence-electron chi connectivity index (χ0n) is 18.9. The molecule has 0 spiro atoms. The Kier molecular flexibility index (Phi) is 6.56. The maximum absolute atomic E-state index is 12.6. The number of aliphatic imine (C=N–C) groups is 2. The maximum Gasteiger partial charge on any atom is 0.234 e. The van der Waals surface area contributed by atoms with E-state index in [4.69, 9.17) is 9.98 Å². The van der Waals surface area contributed by atoms with Crippen molar-refractivity contribution in [3.63, 3.8) is 0 Å². The van der Waals surface area contributed by atoms with Gasteiger partial charge in [-0.1, -0.05) is 42.0 Å². The number of carbonyl (C=O) groups excluding carboxylic acids is 1. The molecule has 3 aromatic rings. The molecule has 0 fully saturated rings. The summed E-state index contributed by atoms with van der Waals surface area (Å²) in [5, 5.41) is 3.87. The second-order valence-corrected chi connectivity index (χ2v) is 9.29. The fourth-order valence-corrected chi connectivity index (χ4v) is 4.30. The first-order chi connectivity index (χ1) is 15.4. The molecule has 1 aliphatic heterocycles. The van der Waals surface area contributed by atoms with Crippen LogP contribution in [0.15, 0.2) is 70.6 Å². The maximum atomic E-state index is 12.6. The quantitative estimate of drug-likeness (QED) is 0.481. The van der Waals surface area contributed by atoms with Crippen LogP contribution in [0.25, 0.3) is 0 Å². The number of aryl methyl sites for hydroxylation is 4. The van der Waals surface area contributed by atoms with Gasteiger partial charge in [-0.2, -0.15) is 0 Å². The zero-order valence-corrected chi connectivity index (χ0v) is 19.7. The highest BCUT2D eigenvalue weighted by Crippen LogP contribution is 2.36. The lowest BCUT2D eigenvalue weighted by molar-refractivity contribution is -0.113. The van der Waals surface area contributed by atoms with E-state index in [1.54, 1.807) is 0 Å². The summed E-state index contributed by atoms with van der Waals surface area (Å²) in [7, 11) is 0. The Morgan fingerprint density at radius 3 is 2.25 bits per heavy atom. The largest absolute Gasteiger partial charge is 0.325 e. The van der Waals surface area contributed by atoms with E-state index in [0.29, 0.717) is 12.2 Å². The van der Waals surface area contributed by atoms with E-state index in [9.17, 15) is 4.79 Å². The first-order valence-corrected chi connectivity index (χ1v) is 11.7. The van der Waals surface area contributed by atoms with Crippen LogP contribution in [0.3, 0.4) is 0 Å². The van der Waals surface area contributed by atoms with E-state index >= 15 is 0 Å². The Morgan fingerprint density at radius 1 is 0.875 bits per heavy atom. The molecular formula is C27H27N3OS. The number of anilines is 1. The van der Waals surface area contributed by atoms with Gasteiger partial charge in [0.05, 0.1) is 27.9 Å². The molecular weight excluding hydrogens is 414 g/mol. The van der Waals surface area contributed by atoms with Crippen molar-refractivity contribution in [3.05, 3.63) is 88.5 Å². The van der Waals surface area contributed by atoms with Gasteiger partial charge in [-0.15, -0.1) is 11.8 Å². The fraction of sp³-hybridized carbons (Fsp3) is 0.222. The Balaban J connectivity index is 1.58. The molecule has 4 rings (SSSR count). The summed E-state index contributed by atoms with van der Waals surface area (Å²) in [5.74, 6) is 0.260. The average Bonchev–Trinajstić information content (AvgIpc) is 2.92. The van der Waals surface area contributed by atoms with E-state index in [1.807, 2.05) is 31.2 Å². The number of carbonyl (C=O) groups is 1. The minimum Gasteiger partial charge on any atom is -0.325 e. The molecule has 0 atom stereocenters. The topological polar surface area (TPSA) is 53.8 Å². The number of benzene rings is 3. The molecule has 3 aromatic carbocycles. The standard InChI is InChI=1S/C27H27N3OS/c1-17-8-10-21(11-9-17)23-15-27(30-25-14-20(4)19(3)13-24(25)29-23)32-16-26(31)28-22-7-5-6-18(2)12-22/h5-14H,15-16H2,1-4H3,(H,28,31). The molecule has 0 saturated heterocycles. The van der Waals surface area contributed by atoms with Crippen LogP contribution in [0.5, 0.6) is 0 Å². The highest BCUT2D eigenvalue weighted by atomic mass is 32.2. The second kappa shape index (κ2) is 9.53. The third-order valence-electron chi connectivity index (χ3n) is 5.47. The van der Waals surface area contributed by atoms with Gasteiger partial charge >= 0.3 is 0 Å². The normalized spacial score (nSPS) is 13.0. The zero-order chi connectivity index (χ0) is 22.7. The van der Waals surface area contributed by atoms with Crippen molar-refractivity contribution in [3.8, 4) is 0 Å². The average molecular weight is 442 g/mol. The summed E-state index contributed by atoms with van der Waals surface area (Å²) in [4.78, 5) is 22.5. The summed E-state index contributed by atoms with van der Waals surface area (Å²) >= 11 is 1.47. The number of rotatable bonds is 4. The molecule has 1 aliphatic rings. The Morgan fingerprint density at radius 2 is 1.56 bits per heavy atom. The van der Waals surface area contributed by atoms with E-state index in [-0.39, 0.29) is 5.91 Å². The molecule has 32 heavy (non-hydrogen) atoms. The van der Waals surface area contributed by atoms with Crippen LogP contribution in [-0.2, 0) is 4.79 Å². The van der Waals surface area contributed by atoms with Crippen LogP contribution >= 0.6 is 11.8 Å². The molecule has 1 amide bonds. The SMILES string of the molecule is Cc1ccc(C2=Nc3cc(C)c(C)cc3N=C(SCC(=O)Nc3cccc(C)c3)C2)cc1. The van der Waals surface area contributed by atoms with Crippen LogP contribution < -0.4 is 5.32 Å². The van der Waals surface area contributed by atoms with Crippen molar-refractivity contribution >= 4 is 45.5 Å². The van der Waals surface area contributed by atoms with Crippen LogP contribution in [0.2, 0.25) is 0 Å². The lowest BCUT2D eigenvalue weighted by Crippen LogP contribution is -2.16. The number of amides is 1. The van der Waals surface area contributed by atoms with Crippen LogP contribution in [-0.4, -0.2) is 22.4 Å². The monoisotopic (exact) mass is 441 g/mol. The number of hydrogen-bond donors (Lipinski definition) is 1. The predicted molar refractivity (Wildman–Crippen MR) is 137 cm³/mol. The van der Waals surface area contributed by atoms with E-state index in [0.717, 1.165) is 38.9 Å². The second-order valence-electron chi connectivity index (χ2n) is 8.24. The first kappa shape index (κ1) is 22.0. The van der Waals surface area contributed by atoms with Crippen LogP contribution in [0, 0.1) is 27.7 Å². The van der Waals surface area contributed by atoms with Gasteiger partial charge in [-0.25, -0.2) is 4.99 Å². The van der Waals surface area contributed by atoms with Gasteiger partial charge in [-0.3, -0.25) is 9.79 Å². The number of fused-ring (bicyclic) bond motifs is 1. The van der Waals surface area contributed by atoms with Gasteiger partial charge in [0.15, 0.2) is 0 Å². The smallest absolute Gasteiger partial charge is 0.234 e. The Labute approximate surface area is 193 Å². The molecule has 162 valence electrons. The fourth-order valence-electron chi connectivity index (χ4n) is 3.53. The summed E-state index contributed by atoms with van der Waals surface area (Å²) in [5.41, 5.74) is 9.31. The third-order valence-corrected chi connectivity index (χ3v) is 6.44. The molecule has 0 saturated carbocycles. The van der Waals surface area contributed by atoms with E-state index in [1.165, 1.54) is 28.5 Å². The minimum atomic E-state index is -0.0401. The Hall–Kier alpha value is -3.18. The minimum absolute atomic E-state index is 0.0401. The molecule has 0 aliphatic carbocycles. The number of thioether (sulfide) groups is 1. The van der Waals surface area contributed by atoms with Gasteiger partial charge in [0.1, 0.15) is 0 Å². The molecule has 0 aromatic heterocycles. The van der Waals surface area contributed by atoms with E-state index in [2.05, 4.69) is 62.5 Å². The van der Waals surface area contributed by atoms with Crippen molar-refractivity contribution in [2.45, 2.75) is 34.1 Å². The lowest BCUT2D eigenvalue weighted by Gasteiger charge is -2.09. The molecule has 0 unspecified atom stereocenters. The molecule has 0 bridgehead atoms. The molecule has 5 heteroatoms. The van der Waals surface area contributed by atoms with Crippen LogP contribution in [0.1, 0.15) is 34.2 Å². The van der Waals surface area contributed by atoms with Crippen molar-refractivity contribution in [1.29, 1.82) is 0 Å². The van der Waals surface area contributed by atoms with E-state index < -0.39 is 0 Å². The van der Waals surface area contributed by atoms with Crippen molar-refractivity contribution in [1.82, 2.24) is 0 Å². The summed E-state index contributed by atoms with van der Waals surface area (Å²) in [6, 6.07) is 20.4. The predicted octanol–water partition coefficient (Wildman–Crippen LogP) is 6.85. The van der Waals surface area contributed by atoms with Crippen LogP contribution in [0.4, 0.5) is 17.1 Å². The summed E-state index contributed by atoms with van der Waals surface area (Å²) < 4.78 is 0. The summed E-state index contributed by atoms with van der Waals surface area (Å²) in [6.07, 6.45) is 0.595. The molecule has 1 heterocycles. The summed E-state index contributed by atoms with van der Waals surface area (Å²) in [6.45, 7) is 8.27. The van der Waals surface area contributed by atoms with Gasteiger partial charge in [-0.05, 0) is 74.2 Å². The van der Waals surface area contributed by atoms with Crippen molar-refractivity contribution < 1.29 is 4.79 Å². The number of hydrogen-bond acceptors (Lipinski definition) is 4. The molecule has 4 nitrogen and oxygen atoms in total. The van der Waals surface area contributed by atoms with Crippen molar-refractivity contribution in [2.75, 3.05) is 11.1 Å². The van der Waals surface area contributed by atoms with Gasteiger partial charge in [0.25, 0.3) is 0 Å². The number of nitrogens with one attached hydrogen (secondary N) is 1. The molecule has 1 N–H and O–H groups in total. The van der Waals surface area contributed by atoms with Crippen molar-refractivity contribution in [2.24, 2.45) is 9.98 Å². The van der Waals surface area contributed by atoms with Gasteiger partial charge in [0.2, 0.25) is 5.91 Å². The third kappa shape index (κ3) is 5.35. The number of nitrogens with zero attached hydrogens (tertiary/aromatic N) is 2. The molecule has 0 radical (unpaired) electrons. The lowest BCUT2D eigenvalue weighted by atomic mass is 10.1. The highest BCUT2D eigenvalue weighted by Gasteiger charge is 2.17.